The molecule has 0 aliphatic rings. The zero-order chi connectivity index (χ0) is 13.0. The third kappa shape index (κ3) is 3.12. The van der Waals surface area contributed by atoms with E-state index in [-0.39, 0.29) is 5.92 Å². The van der Waals surface area contributed by atoms with Gasteiger partial charge in [0.25, 0.3) is 0 Å². The minimum atomic E-state index is 0.0754. The van der Waals surface area contributed by atoms with Crippen molar-refractivity contribution in [1.82, 2.24) is 9.55 Å². The summed E-state index contributed by atoms with van der Waals surface area (Å²) in [6.07, 6.45) is 6.68. The highest BCUT2D eigenvalue weighted by Gasteiger charge is 2.13. The summed E-state index contributed by atoms with van der Waals surface area (Å²) in [5.41, 5.74) is 1.00. The summed E-state index contributed by atoms with van der Waals surface area (Å²) in [4.78, 5) is 14.8. The van der Waals surface area contributed by atoms with Gasteiger partial charge in [0.1, 0.15) is 6.29 Å². The molecule has 0 aliphatic heterocycles. The van der Waals surface area contributed by atoms with Crippen LogP contribution < -0.4 is 0 Å². The molecule has 0 bridgehead atoms. The van der Waals surface area contributed by atoms with Gasteiger partial charge in [-0.05, 0) is 17.7 Å². The van der Waals surface area contributed by atoms with Crippen LogP contribution in [0.4, 0.5) is 0 Å². The first kappa shape index (κ1) is 13.1. The maximum absolute atomic E-state index is 10.8. The highest BCUT2D eigenvalue weighted by molar-refractivity contribution is 6.42. The maximum atomic E-state index is 10.8. The number of imidazole rings is 1. The van der Waals surface area contributed by atoms with E-state index in [2.05, 4.69) is 4.98 Å². The van der Waals surface area contributed by atoms with Crippen molar-refractivity contribution in [3.63, 3.8) is 0 Å². The van der Waals surface area contributed by atoms with Crippen molar-refractivity contribution in [2.45, 2.75) is 18.9 Å². The number of aldehydes is 1. The van der Waals surface area contributed by atoms with Crippen LogP contribution in [0.2, 0.25) is 10.0 Å². The first-order chi connectivity index (χ1) is 8.70. The molecule has 0 radical (unpaired) electrons. The zero-order valence-corrected chi connectivity index (χ0v) is 11.1. The summed E-state index contributed by atoms with van der Waals surface area (Å²) in [6, 6.07) is 5.47. The van der Waals surface area contributed by atoms with Crippen molar-refractivity contribution < 1.29 is 4.79 Å². The third-order valence-corrected chi connectivity index (χ3v) is 3.53. The van der Waals surface area contributed by atoms with Crippen LogP contribution in [0.1, 0.15) is 17.9 Å². The average Bonchev–Trinajstić information content (AvgIpc) is 2.85. The van der Waals surface area contributed by atoms with Crippen molar-refractivity contribution in [2.75, 3.05) is 0 Å². The lowest BCUT2D eigenvalue weighted by Gasteiger charge is -2.16. The van der Waals surface area contributed by atoms with E-state index >= 15 is 0 Å². The van der Waals surface area contributed by atoms with Gasteiger partial charge in [-0.3, -0.25) is 0 Å². The molecule has 3 nitrogen and oxygen atoms in total. The number of benzene rings is 1. The molecule has 1 heterocycles. The molecule has 0 amide bonds. The molecule has 1 aromatic heterocycles. The van der Waals surface area contributed by atoms with E-state index in [9.17, 15) is 4.79 Å². The smallest absolute Gasteiger partial charge is 0.120 e. The molecule has 18 heavy (non-hydrogen) atoms. The number of carbonyl (C=O) groups is 1. The molecule has 1 aromatic carbocycles. The van der Waals surface area contributed by atoms with Gasteiger partial charge in [-0.1, -0.05) is 29.3 Å². The van der Waals surface area contributed by atoms with Gasteiger partial charge < -0.3 is 9.36 Å². The van der Waals surface area contributed by atoms with Crippen LogP contribution in [0.3, 0.4) is 0 Å². The van der Waals surface area contributed by atoms with E-state index in [0.29, 0.717) is 23.0 Å². The SMILES string of the molecule is O=CC[C@@H](Cn1ccnc1)c1ccc(Cl)c(Cl)c1. The lowest BCUT2D eigenvalue weighted by atomic mass is 9.96. The number of hydrogen-bond acceptors (Lipinski definition) is 2. The molecule has 0 fully saturated rings. The predicted molar refractivity (Wildman–Crippen MR) is 72.1 cm³/mol. The minimum Gasteiger partial charge on any atom is -0.337 e. The van der Waals surface area contributed by atoms with Gasteiger partial charge in [-0.25, -0.2) is 4.98 Å². The van der Waals surface area contributed by atoms with Crippen molar-refractivity contribution in [3.8, 4) is 0 Å². The fraction of sp³-hybridized carbons (Fsp3) is 0.231. The van der Waals surface area contributed by atoms with E-state index in [1.165, 1.54) is 0 Å². The molecule has 0 aliphatic carbocycles. The second-order valence-electron chi connectivity index (χ2n) is 4.03. The molecule has 2 aromatic rings. The number of hydrogen-bond donors (Lipinski definition) is 0. The van der Waals surface area contributed by atoms with Crippen molar-refractivity contribution in [2.24, 2.45) is 0 Å². The predicted octanol–water partition coefficient (Wildman–Crippen LogP) is 3.56. The minimum absolute atomic E-state index is 0.0754. The van der Waals surface area contributed by atoms with Gasteiger partial charge in [-0.15, -0.1) is 0 Å². The summed E-state index contributed by atoms with van der Waals surface area (Å²) >= 11 is 11.9. The second kappa shape index (κ2) is 6.03. The monoisotopic (exact) mass is 282 g/mol. The van der Waals surface area contributed by atoms with Crippen molar-refractivity contribution in [1.29, 1.82) is 0 Å². The topological polar surface area (TPSA) is 34.9 Å². The number of nitrogens with zero attached hydrogens (tertiary/aromatic N) is 2. The van der Waals surface area contributed by atoms with Crippen LogP contribution in [0.5, 0.6) is 0 Å². The Morgan fingerprint density at radius 1 is 1.33 bits per heavy atom. The standard InChI is InChI=1S/C13H12Cl2N2O/c14-12-2-1-10(7-13(12)15)11(3-6-18)8-17-5-4-16-9-17/h1-2,4-7,9,11H,3,8H2/t11-/m0/s1. The van der Waals surface area contributed by atoms with E-state index < -0.39 is 0 Å². The molecular formula is C13H12Cl2N2O. The summed E-state index contributed by atoms with van der Waals surface area (Å²) in [6.45, 7) is 0.691. The van der Waals surface area contributed by atoms with E-state index in [1.807, 2.05) is 22.9 Å². The molecule has 1 atom stereocenters. The van der Waals surface area contributed by atoms with Gasteiger partial charge in [0, 0.05) is 31.3 Å². The van der Waals surface area contributed by atoms with Crippen LogP contribution in [0.15, 0.2) is 36.9 Å². The Balaban J connectivity index is 2.23. The number of halogens is 2. The number of carbonyl (C=O) groups excluding carboxylic acids is 1. The Morgan fingerprint density at radius 3 is 2.78 bits per heavy atom. The largest absolute Gasteiger partial charge is 0.337 e. The lowest BCUT2D eigenvalue weighted by Crippen LogP contribution is -2.08. The van der Waals surface area contributed by atoms with Crippen LogP contribution in [-0.4, -0.2) is 15.8 Å². The van der Waals surface area contributed by atoms with Crippen LogP contribution >= 0.6 is 23.2 Å². The van der Waals surface area contributed by atoms with Gasteiger partial charge in [0.2, 0.25) is 0 Å². The summed E-state index contributed by atoms with van der Waals surface area (Å²) in [5, 5.41) is 1.03. The fourth-order valence-electron chi connectivity index (χ4n) is 1.85. The quantitative estimate of drug-likeness (QED) is 0.786. The lowest BCUT2D eigenvalue weighted by molar-refractivity contribution is -0.108. The molecule has 5 heteroatoms. The Kier molecular flexibility index (Phi) is 4.39. The zero-order valence-electron chi connectivity index (χ0n) is 9.59. The van der Waals surface area contributed by atoms with Crippen LogP contribution in [-0.2, 0) is 11.3 Å². The molecule has 0 saturated heterocycles. The molecule has 0 unspecified atom stereocenters. The first-order valence-corrected chi connectivity index (χ1v) is 6.30. The van der Waals surface area contributed by atoms with Crippen molar-refractivity contribution in [3.05, 3.63) is 52.5 Å². The van der Waals surface area contributed by atoms with E-state index in [4.69, 9.17) is 23.2 Å². The summed E-state index contributed by atoms with van der Waals surface area (Å²) in [5.74, 6) is 0.0754. The Morgan fingerprint density at radius 2 is 2.17 bits per heavy atom. The summed E-state index contributed by atoms with van der Waals surface area (Å²) < 4.78 is 1.94. The number of aromatic nitrogens is 2. The molecule has 0 N–H and O–H groups in total. The second-order valence-corrected chi connectivity index (χ2v) is 4.85. The molecule has 94 valence electrons. The average molecular weight is 283 g/mol. The van der Waals surface area contributed by atoms with Gasteiger partial charge >= 0.3 is 0 Å². The fourth-order valence-corrected chi connectivity index (χ4v) is 2.15. The third-order valence-electron chi connectivity index (χ3n) is 2.79. The molecule has 0 saturated carbocycles. The van der Waals surface area contributed by atoms with Gasteiger partial charge in [0.15, 0.2) is 0 Å². The van der Waals surface area contributed by atoms with E-state index in [1.54, 1.807) is 18.6 Å². The normalized spacial score (nSPS) is 12.3. The van der Waals surface area contributed by atoms with Gasteiger partial charge in [0.05, 0.1) is 16.4 Å². The van der Waals surface area contributed by atoms with Gasteiger partial charge in [-0.2, -0.15) is 0 Å². The highest BCUT2D eigenvalue weighted by Crippen LogP contribution is 2.28. The maximum Gasteiger partial charge on any atom is 0.120 e. The van der Waals surface area contributed by atoms with Crippen LogP contribution in [0, 0.1) is 0 Å². The van der Waals surface area contributed by atoms with E-state index in [0.717, 1.165) is 11.8 Å². The van der Waals surface area contributed by atoms with Crippen molar-refractivity contribution >= 4 is 29.5 Å². The van der Waals surface area contributed by atoms with Crippen LogP contribution in [0.25, 0.3) is 0 Å². The first-order valence-electron chi connectivity index (χ1n) is 5.55. The summed E-state index contributed by atoms with van der Waals surface area (Å²) in [7, 11) is 0. The molecule has 0 spiro atoms. The Bertz CT molecular complexity index is 526. The Labute approximate surface area is 115 Å². The molecule has 2 rings (SSSR count). The number of rotatable bonds is 5. The highest BCUT2D eigenvalue weighted by atomic mass is 35.5. The Hall–Kier alpha value is -1.32. The molecular weight excluding hydrogens is 271 g/mol.